The summed E-state index contributed by atoms with van der Waals surface area (Å²) in [5.74, 6) is 0.167. The second-order valence-corrected chi connectivity index (χ2v) is 4.03. The average Bonchev–Trinajstić information content (AvgIpc) is 1.98. The molecule has 0 fully saturated rings. The summed E-state index contributed by atoms with van der Waals surface area (Å²) < 4.78 is 0. The molecule has 0 bridgehead atoms. The second-order valence-electron chi connectivity index (χ2n) is 2.03. The summed E-state index contributed by atoms with van der Waals surface area (Å²) in [5, 5.41) is 0.0949. The van der Waals surface area contributed by atoms with Crippen LogP contribution >= 0.6 is 24.4 Å². The Kier molecular flexibility index (Phi) is 1.91. The number of carbonyl (C=O) groups excluding carboxylic acids is 1. The molecule has 3 heteroatoms. The van der Waals surface area contributed by atoms with Crippen molar-refractivity contribution in [2.75, 3.05) is 0 Å². The fourth-order valence-electron chi connectivity index (χ4n) is 0.741. The first-order valence-corrected chi connectivity index (χ1v) is 4.06. The van der Waals surface area contributed by atoms with Gasteiger partial charge in [0.2, 0.25) is 0 Å². The van der Waals surface area contributed by atoms with E-state index < -0.39 is 0 Å². The highest BCUT2D eigenvalue weighted by atomic mass is 32.2. The van der Waals surface area contributed by atoms with Gasteiger partial charge in [-0.3, -0.25) is 4.79 Å². The highest BCUT2D eigenvalue weighted by Crippen LogP contribution is 2.35. The van der Waals surface area contributed by atoms with Crippen LogP contribution in [-0.4, -0.2) is 11.0 Å². The summed E-state index contributed by atoms with van der Waals surface area (Å²) in [4.78, 5) is 12.7. The maximum absolute atomic E-state index is 11.0. The number of thioether (sulfide) groups is 1. The first kappa shape index (κ1) is 7.22. The van der Waals surface area contributed by atoms with E-state index in [0.29, 0.717) is 4.91 Å². The van der Waals surface area contributed by atoms with Crippen LogP contribution in [-0.2, 0) is 4.79 Å². The summed E-state index contributed by atoms with van der Waals surface area (Å²) in [6, 6.07) is 0. The number of hydrogen-bond acceptors (Lipinski definition) is 3. The molecule has 0 radical (unpaired) electrons. The topological polar surface area (TPSA) is 17.1 Å². The van der Waals surface area contributed by atoms with E-state index in [0.717, 1.165) is 4.91 Å². The zero-order valence-corrected chi connectivity index (χ0v) is 7.05. The van der Waals surface area contributed by atoms with Crippen LogP contribution in [0.1, 0.15) is 13.8 Å². The maximum Gasteiger partial charge on any atom is 0.182 e. The zero-order valence-electron chi connectivity index (χ0n) is 5.34. The van der Waals surface area contributed by atoms with E-state index in [-0.39, 0.29) is 11.0 Å². The summed E-state index contributed by atoms with van der Waals surface area (Å²) >= 11 is 5.64. The van der Waals surface area contributed by atoms with Gasteiger partial charge in [-0.1, -0.05) is 0 Å². The Morgan fingerprint density at radius 3 is 2.33 bits per heavy atom. The Labute approximate surface area is 64.3 Å². The third-order valence-electron chi connectivity index (χ3n) is 1.29. The summed E-state index contributed by atoms with van der Waals surface area (Å²) in [5.41, 5.74) is 0. The lowest BCUT2D eigenvalue weighted by atomic mass is 10.3. The predicted molar refractivity (Wildman–Crippen MR) is 43.7 cm³/mol. The van der Waals surface area contributed by atoms with Crippen molar-refractivity contribution in [3.05, 3.63) is 9.81 Å². The minimum atomic E-state index is 0.0949. The first-order valence-electron chi connectivity index (χ1n) is 2.73. The van der Waals surface area contributed by atoms with Crippen molar-refractivity contribution < 1.29 is 4.79 Å². The minimum Gasteiger partial charge on any atom is -0.292 e. The standard InChI is InChI=1S/C6H8OS2/c1-3-5(7)6(8)4(2)9-3/h3,8H,1-2H3. The lowest BCUT2D eigenvalue weighted by molar-refractivity contribution is -0.114. The lowest BCUT2D eigenvalue weighted by Crippen LogP contribution is -2.06. The van der Waals surface area contributed by atoms with Crippen molar-refractivity contribution in [2.24, 2.45) is 0 Å². The fraction of sp³-hybridized carbons (Fsp3) is 0.500. The normalized spacial score (nSPS) is 27.9. The van der Waals surface area contributed by atoms with Crippen LogP contribution in [0.25, 0.3) is 0 Å². The monoisotopic (exact) mass is 160 g/mol. The van der Waals surface area contributed by atoms with Crippen LogP contribution in [0.3, 0.4) is 0 Å². The van der Waals surface area contributed by atoms with Gasteiger partial charge in [0.05, 0.1) is 10.2 Å². The number of ketones is 1. The second kappa shape index (κ2) is 2.39. The number of thiol groups is 1. The molecule has 0 saturated heterocycles. The number of allylic oxidation sites excluding steroid dienone is 2. The van der Waals surface area contributed by atoms with Crippen LogP contribution in [0.2, 0.25) is 0 Å². The molecule has 0 aromatic heterocycles. The first-order chi connectivity index (χ1) is 4.13. The van der Waals surface area contributed by atoms with Crippen molar-refractivity contribution in [1.82, 2.24) is 0 Å². The summed E-state index contributed by atoms with van der Waals surface area (Å²) in [6.07, 6.45) is 0. The molecule has 0 amide bonds. The third kappa shape index (κ3) is 1.17. The molecular formula is C6H8OS2. The van der Waals surface area contributed by atoms with Crippen molar-refractivity contribution in [3.63, 3.8) is 0 Å². The van der Waals surface area contributed by atoms with E-state index in [9.17, 15) is 4.79 Å². The van der Waals surface area contributed by atoms with E-state index in [1.807, 2.05) is 13.8 Å². The van der Waals surface area contributed by atoms with Crippen molar-refractivity contribution in [1.29, 1.82) is 0 Å². The van der Waals surface area contributed by atoms with Gasteiger partial charge in [0, 0.05) is 0 Å². The summed E-state index contributed by atoms with van der Waals surface area (Å²) in [6.45, 7) is 3.83. The molecule has 0 aromatic rings. The van der Waals surface area contributed by atoms with Gasteiger partial charge in [-0.15, -0.1) is 24.4 Å². The van der Waals surface area contributed by atoms with Crippen molar-refractivity contribution in [3.8, 4) is 0 Å². The van der Waals surface area contributed by atoms with Gasteiger partial charge in [0.15, 0.2) is 5.78 Å². The molecule has 1 rings (SSSR count). The molecule has 0 aromatic carbocycles. The molecule has 1 heterocycles. The lowest BCUT2D eigenvalue weighted by Gasteiger charge is -1.94. The predicted octanol–water partition coefficient (Wildman–Crippen LogP) is 1.85. The van der Waals surface area contributed by atoms with Crippen LogP contribution < -0.4 is 0 Å². The molecule has 0 spiro atoms. The maximum atomic E-state index is 11.0. The van der Waals surface area contributed by atoms with Gasteiger partial charge in [-0.05, 0) is 18.8 Å². The van der Waals surface area contributed by atoms with Gasteiger partial charge in [0.1, 0.15) is 0 Å². The Bertz CT molecular complexity index is 183. The minimum absolute atomic E-state index is 0.0949. The fourth-order valence-corrected chi connectivity index (χ4v) is 2.15. The Morgan fingerprint density at radius 1 is 1.67 bits per heavy atom. The molecule has 1 aliphatic rings. The number of hydrogen-bond donors (Lipinski definition) is 1. The molecule has 50 valence electrons. The van der Waals surface area contributed by atoms with Gasteiger partial charge < -0.3 is 0 Å². The Hall–Kier alpha value is 0.110. The summed E-state index contributed by atoms with van der Waals surface area (Å²) in [7, 11) is 0. The van der Waals surface area contributed by atoms with Gasteiger partial charge in [-0.2, -0.15) is 0 Å². The highest BCUT2D eigenvalue weighted by molar-refractivity contribution is 8.06. The molecular weight excluding hydrogens is 152 g/mol. The quantitative estimate of drug-likeness (QED) is 0.545. The van der Waals surface area contributed by atoms with Crippen LogP contribution in [0.4, 0.5) is 0 Å². The van der Waals surface area contributed by atoms with E-state index in [4.69, 9.17) is 0 Å². The molecule has 1 atom stereocenters. The number of rotatable bonds is 0. The van der Waals surface area contributed by atoms with Crippen LogP contribution in [0, 0.1) is 0 Å². The molecule has 1 unspecified atom stereocenters. The van der Waals surface area contributed by atoms with Crippen molar-refractivity contribution >= 4 is 30.2 Å². The van der Waals surface area contributed by atoms with Crippen molar-refractivity contribution in [2.45, 2.75) is 19.1 Å². The number of carbonyl (C=O) groups is 1. The van der Waals surface area contributed by atoms with E-state index in [1.165, 1.54) is 0 Å². The zero-order chi connectivity index (χ0) is 7.02. The van der Waals surface area contributed by atoms with Gasteiger partial charge >= 0.3 is 0 Å². The SMILES string of the molecule is CC1=C(S)C(=O)C(C)S1. The largest absolute Gasteiger partial charge is 0.292 e. The molecule has 0 N–H and O–H groups in total. The highest BCUT2D eigenvalue weighted by Gasteiger charge is 2.25. The molecule has 0 aliphatic carbocycles. The molecule has 9 heavy (non-hydrogen) atoms. The molecule has 1 nitrogen and oxygen atoms in total. The Balaban J connectivity index is 2.87. The van der Waals surface area contributed by atoms with Gasteiger partial charge in [0.25, 0.3) is 0 Å². The smallest absolute Gasteiger partial charge is 0.182 e. The Morgan fingerprint density at radius 2 is 2.22 bits per heavy atom. The average molecular weight is 160 g/mol. The molecule has 0 saturated carbocycles. The molecule has 1 aliphatic heterocycles. The van der Waals surface area contributed by atoms with Gasteiger partial charge in [-0.25, -0.2) is 0 Å². The van der Waals surface area contributed by atoms with E-state index in [1.54, 1.807) is 11.8 Å². The number of Topliss-reactive ketones (excluding diaryl/α,β-unsaturated/α-hetero) is 1. The third-order valence-corrected chi connectivity index (χ3v) is 3.12. The van der Waals surface area contributed by atoms with Crippen LogP contribution in [0.5, 0.6) is 0 Å². The van der Waals surface area contributed by atoms with E-state index in [2.05, 4.69) is 12.6 Å². The van der Waals surface area contributed by atoms with E-state index >= 15 is 0 Å². The van der Waals surface area contributed by atoms with Crippen LogP contribution in [0.15, 0.2) is 9.81 Å².